The number of aromatic nitrogens is 2. The molecule has 5 rings (SSSR count). The number of nitrogens with one attached hydrogen (secondary N) is 2. The Morgan fingerprint density at radius 1 is 1.28 bits per heavy atom. The van der Waals surface area contributed by atoms with Gasteiger partial charge in [-0.25, -0.2) is 4.98 Å². The van der Waals surface area contributed by atoms with Gasteiger partial charge >= 0.3 is 0 Å². The number of carbonyl (C=O) groups excluding carboxylic acids is 1. The molecule has 0 saturated heterocycles. The van der Waals surface area contributed by atoms with Crippen LogP contribution in [0.4, 0.5) is 5.69 Å². The van der Waals surface area contributed by atoms with Crippen LogP contribution in [0.25, 0.3) is 11.0 Å². The highest BCUT2D eigenvalue weighted by Gasteiger charge is 2.31. The van der Waals surface area contributed by atoms with Crippen LogP contribution in [0.5, 0.6) is 0 Å². The van der Waals surface area contributed by atoms with Crippen LogP contribution in [-0.2, 0) is 11.2 Å². The molecule has 0 fully saturated rings. The van der Waals surface area contributed by atoms with Gasteiger partial charge in [0.25, 0.3) is 5.91 Å². The topological polar surface area (TPSA) is 87.0 Å². The zero-order valence-corrected chi connectivity index (χ0v) is 17.3. The lowest BCUT2D eigenvalue weighted by molar-refractivity contribution is -0.117. The molecule has 1 aliphatic heterocycles. The number of amides is 1. The van der Waals surface area contributed by atoms with E-state index in [1.54, 1.807) is 18.0 Å². The van der Waals surface area contributed by atoms with E-state index in [1.807, 2.05) is 42.7 Å². The molecule has 0 unspecified atom stereocenters. The van der Waals surface area contributed by atoms with Crippen molar-refractivity contribution in [1.82, 2.24) is 15.3 Å². The highest BCUT2D eigenvalue weighted by molar-refractivity contribution is 8.04. The van der Waals surface area contributed by atoms with Crippen LogP contribution < -0.4 is 16.0 Å². The average Bonchev–Trinajstić information content (AvgIpc) is 3.33. The van der Waals surface area contributed by atoms with Crippen molar-refractivity contribution in [1.29, 1.82) is 0 Å². The molecule has 150 valence electrons. The molecular weight excluding hydrogens is 406 g/mol. The maximum absolute atomic E-state index is 12.9. The van der Waals surface area contributed by atoms with Gasteiger partial charge in [-0.2, -0.15) is 0 Å². The van der Waals surface area contributed by atoms with Gasteiger partial charge in [0, 0.05) is 36.3 Å². The van der Waals surface area contributed by atoms with Crippen molar-refractivity contribution in [2.24, 2.45) is 5.73 Å². The normalized spacial score (nSPS) is 20.7. The van der Waals surface area contributed by atoms with Crippen LogP contribution in [-0.4, -0.2) is 34.2 Å². The third kappa shape index (κ3) is 3.61. The molecule has 2 aromatic heterocycles. The van der Waals surface area contributed by atoms with Gasteiger partial charge in [-0.05, 0) is 29.7 Å². The van der Waals surface area contributed by atoms with Gasteiger partial charge in [0.2, 0.25) is 0 Å². The highest BCUT2D eigenvalue weighted by Crippen LogP contribution is 2.32. The van der Waals surface area contributed by atoms with E-state index in [9.17, 15) is 4.79 Å². The minimum atomic E-state index is -0.162. The molecule has 0 spiro atoms. The van der Waals surface area contributed by atoms with Gasteiger partial charge in [-0.1, -0.05) is 24.3 Å². The zero-order chi connectivity index (χ0) is 19.1. The van der Waals surface area contributed by atoms with Crippen molar-refractivity contribution in [2.75, 3.05) is 17.2 Å². The molecule has 0 radical (unpaired) electrons. The Hall–Kier alpha value is -2.48. The largest absolute Gasteiger partial charge is 0.347 e. The fraction of sp³-hybridized carbons (Fsp3) is 0.238. The summed E-state index contributed by atoms with van der Waals surface area (Å²) in [5.74, 6) is 0.798. The molecule has 2 aliphatic rings. The van der Waals surface area contributed by atoms with Crippen molar-refractivity contribution in [2.45, 2.75) is 18.5 Å². The summed E-state index contributed by atoms with van der Waals surface area (Å²) in [5.41, 5.74) is 10.6. The quantitative estimate of drug-likeness (QED) is 0.597. The fourth-order valence-corrected chi connectivity index (χ4v) is 4.91. The second-order valence-electron chi connectivity index (χ2n) is 7.11. The SMILES string of the molecule is Cl.N[C@@H]1c2ccccc2C[C@H]1NC(=O)C1=CN(c2ccnc3[nH]ccc23)CCS1. The number of carbonyl (C=O) groups is 1. The van der Waals surface area contributed by atoms with Gasteiger partial charge in [0.05, 0.1) is 22.7 Å². The lowest BCUT2D eigenvalue weighted by atomic mass is 10.1. The van der Waals surface area contributed by atoms with Crippen molar-refractivity contribution >= 4 is 46.8 Å². The summed E-state index contributed by atoms with van der Waals surface area (Å²) in [5, 5.41) is 4.21. The number of hydrogen-bond donors (Lipinski definition) is 3. The molecule has 1 amide bonds. The molecule has 4 N–H and O–H groups in total. The molecule has 6 nitrogen and oxygen atoms in total. The maximum atomic E-state index is 12.9. The van der Waals surface area contributed by atoms with Crippen molar-refractivity contribution in [3.8, 4) is 0 Å². The molecular formula is C21H22ClN5OS. The third-order valence-electron chi connectivity index (χ3n) is 5.44. The second-order valence-corrected chi connectivity index (χ2v) is 8.25. The molecule has 3 heterocycles. The molecule has 8 heteroatoms. The zero-order valence-electron chi connectivity index (χ0n) is 15.7. The minimum Gasteiger partial charge on any atom is -0.347 e. The summed E-state index contributed by atoms with van der Waals surface area (Å²) in [7, 11) is 0. The van der Waals surface area contributed by atoms with Gasteiger partial charge < -0.3 is 20.9 Å². The predicted octanol–water partition coefficient (Wildman–Crippen LogP) is 3.12. The van der Waals surface area contributed by atoms with Gasteiger partial charge in [-0.15, -0.1) is 24.2 Å². The number of nitrogens with two attached hydrogens (primary N) is 1. The Bertz CT molecular complexity index is 1080. The molecule has 1 aliphatic carbocycles. The molecule has 0 bridgehead atoms. The Morgan fingerprint density at radius 2 is 2.14 bits per heavy atom. The Labute approximate surface area is 179 Å². The first-order valence-corrected chi connectivity index (χ1v) is 10.4. The number of anilines is 1. The number of nitrogens with zero attached hydrogens (tertiary/aromatic N) is 2. The van der Waals surface area contributed by atoms with Crippen LogP contribution in [0, 0.1) is 0 Å². The number of rotatable bonds is 3. The lowest BCUT2D eigenvalue weighted by Crippen LogP contribution is -2.42. The van der Waals surface area contributed by atoms with E-state index in [2.05, 4.69) is 26.3 Å². The van der Waals surface area contributed by atoms with Crippen molar-refractivity contribution in [3.63, 3.8) is 0 Å². The van der Waals surface area contributed by atoms with E-state index in [-0.39, 0.29) is 30.4 Å². The Balaban J connectivity index is 0.00000205. The Morgan fingerprint density at radius 3 is 3.00 bits per heavy atom. The molecule has 1 aromatic carbocycles. The fourth-order valence-electron chi connectivity index (χ4n) is 4.01. The predicted molar refractivity (Wildman–Crippen MR) is 120 cm³/mol. The number of thioether (sulfide) groups is 1. The van der Waals surface area contributed by atoms with E-state index < -0.39 is 0 Å². The van der Waals surface area contributed by atoms with E-state index >= 15 is 0 Å². The number of benzene rings is 1. The van der Waals surface area contributed by atoms with Crippen LogP contribution >= 0.6 is 24.2 Å². The summed E-state index contributed by atoms with van der Waals surface area (Å²) < 4.78 is 0. The van der Waals surface area contributed by atoms with Crippen LogP contribution in [0.1, 0.15) is 17.2 Å². The van der Waals surface area contributed by atoms with E-state index in [4.69, 9.17) is 5.73 Å². The summed E-state index contributed by atoms with van der Waals surface area (Å²) >= 11 is 1.59. The first-order valence-electron chi connectivity index (χ1n) is 9.38. The number of fused-ring (bicyclic) bond motifs is 2. The summed E-state index contributed by atoms with van der Waals surface area (Å²) in [6, 6.07) is 11.9. The van der Waals surface area contributed by atoms with Gasteiger partial charge in [-0.3, -0.25) is 4.79 Å². The number of pyridine rings is 1. The van der Waals surface area contributed by atoms with Gasteiger partial charge in [0.15, 0.2) is 0 Å². The van der Waals surface area contributed by atoms with Gasteiger partial charge in [0.1, 0.15) is 5.65 Å². The average molecular weight is 428 g/mol. The lowest BCUT2D eigenvalue weighted by Gasteiger charge is -2.27. The summed E-state index contributed by atoms with van der Waals surface area (Å²) in [6.07, 6.45) is 6.40. The van der Waals surface area contributed by atoms with Crippen LogP contribution in [0.2, 0.25) is 0 Å². The van der Waals surface area contributed by atoms with E-state index in [0.717, 1.165) is 45.9 Å². The van der Waals surface area contributed by atoms with Crippen molar-refractivity contribution in [3.05, 3.63) is 71.0 Å². The smallest absolute Gasteiger partial charge is 0.259 e. The summed E-state index contributed by atoms with van der Waals surface area (Å²) in [4.78, 5) is 23.3. The standard InChI is InChI=1S/C21H21N5OS.ClH/c22-19-14-4-2-1-3-13(14)11-16(19)25-21(27)18-12-26(9-10-28-18)17-6-8-24-20-15(17)5-7-23-20;/h1-8,12,16,19H,9-11,22H2,(H,23,24)(H,25,27);1H/t16-,19-;/m1./s1. The molecule has 29 heavy (non-hydrogen) atoms. The summed E-state index contributed by atoms with van der Waals surface area (Å²) in [6.45, 7) is 0.847. The van der Waals surface area contributed by atoms with E-state index in [1.165, 1.54) is 5.56 Å². The third-order valence-corrected chi connectivity index (χ3v) is 6.43. The number of aromatic amines is 1. The number of halogens is 1. The first-order chi connectivity index (χ1) is 13.7. The first kappa shape index (κ1) is 19.8. The number of H-pyrrole nitrogens is 1. The van der Waals surface area contributed by atoms with Crippen LogP contribution in [0.3, 0.4) is 0 Å². The maximum Gasteiger partial charge on any atom is 0.259 e. The second kappa shape index (κ2) is 8.10. The molecule has 3 aromatic rings. The monoisotopic (exact) mass is 427 g/mol. The molecule has 0 saturated carbocycles. The molecule has 2 atom stereocenters. The number of hydrogen-bond acceptors (Lipinski definition) is 5. The van der Waals surface area contributed by atoms with Crippen molar-refractivity contribution < 1.29 is 4.79 Å². The highest BCUT2D eigenvalue weighted by atomic mass is 35.5. The Kier molecular flexibility index (Phi) is 5.54. The van der Waals surface area contributed by atoms with Crippen LogP contribution in [0.15, 0.2) is 59.9 Å². The minimum absolute atomic E-state index is 0. The van der Waals surface area contributed by atoms with E-state index in [0.29, 0.717) is 0 Å².